The molecule has 0 unspecified atom stereocenters. The second kappa shape index (κ2) is 9.40. The van der Waals surface area contributed by atoms with Gasteiger partial charge >= 0.3 is 0 Å². The van der Waals surface area contributed by atoms with Crippen molar-refractivity contribution in [2.24, 2.45) is 0 Å². The molecule has 0 aromatic heterocycles. The van der Waals surface area contributed by atoms with E-state index in [1.54, 1.807) is 12.1 Å². The molecule has 5 nitrogen and oxygen atoms in total. The molecule has 0 atom stereocenters. The van der Waals surface area contributed by atoms with Crippen molar-refractivity contribution in [3.63, 3.8) is 0 Å². The summed E-state index contributed by atoms with van der Waals surface area (Å²) in [5, 5.41) is 2.97. The second-order valence-corrected chi connectivity index (χ2v) is 9.55. The molecule has 5 rings (SSSR count). The minimum Gasteiger partial charge on any atom is -0.366 e. The summed E-state index contributed by atoms with van der Waals surface area (Å²) in [6, 6.07) is 21.4. The molecule has 1 N–H and O–H groups in total. The Labute approximate surface area is 202 Å². The Morgan fingerprint density at radius 1 is 0.848 bits per heavy atom. The van der Waals surface area contributed by atoms with Crippen LogP contribution in [-0.4, -0.2) is 36.3 Å². The number of nitrogens with zero attached hydrogens (tertiary/aromatic N) is 2. The SMILES string of the molecule is O=C(Nc1ccc(N2CCc3ccccc3C2)c(C(=O)N2CCCC2)c1)c1ccc(Br)cc1. The van der Waals surface area contributed by atoms with Crippen LogP contribution in [0.2, 0.25) is 0 Å². The lowest BCUT2D eigenvalue weighted by atomic mass is 9.98. The Balaban J connectivity index is 1.45. The lowest BCUT2D eigenvalue weighted by molar-refractivity contribution is 0.0793. The fraction of sp³-hybridized carbons (Fsp3) is 0.259. The van der Waals surface area contributed by atoms with Crippen molar-refractivity contribution in [2.75, 3.05) is 29.9 Å². The van der Waals surface area contributed by atoms with Crippen LogP contribution in [0.1, 0.15) is 44.7 Å². The van der Waals surface area contributed by atoms with Crippen LogP contribution in [0, 0.1) is 0 Å². The van der Waals surface area contributed by atoms with Gasteiger partial charge in [-0.05, 0) is 72.9 Å². The normalized spacial score (nSPS) is 15.3. The monoisotopic (exact) mass is 503 g/mol. The van der Waals surface area contributed by atoms with Gasteiger partial charge in [0.2, 0.25) is 0 Å². The predicted molar refractivity (Wildman–Crippen MR) is 135 cm³/mol. The molecular formula is C27H26BrN3O2. The fourth-order valence-electron chi connectivity index (χ4n) is 4.66. The first-order valence-corrected chi connectivity index (χ1v) is 12.2. The smallest absolute Gasteiger partial charge is 0.256 e. The number of carbonyl (C=O) groups is 2. The minimum absolute atomic E-state index is 0.0427. The number of fused-ring (bicyclic) bond motifs is 1. The van der Waals surface area contributed by atoms with Gasteiger partial charge in [0.15, 0.2) is 0 Å². The van der Waals surface area contributed by atoms with E-state index in [4.69, 9.17) is 0 Å². The topological polar surface area (TPSA) is 52.7 Å². The third-order valence-electron chi connectivity index (χ3n) is 6.46. The van der Waals surface area contributed by atoms with Gasteiger partial charge in [0.25, 0.3) is 11.8 Å². The summed E-state index contributed by atoms with van der Waals surface area (Å²) < 4.78 is 0.921. The van der Waals surface area contributed by atoms with Gasteiger partial charge in [-0.1, -0.05) is 40.2 Å². The number of rotatable bonds is 4. The molecule has 0 bridgehead atoms. The van der Waals surface area contributed by atoms with E-state index in [0.717, 1.165) is 55.6 Å². The van der Waals surface area contributed by atoms with E-state index in [9.17, 15) is 9.59 Å². The second-order valence-electron chi connectivity index (χ2n) is 8.63. The zero-order valence-electron chi connectivity index (χ0n) is 18.4. The third-order valence-corrected chi connectivity index (χ3v) is 6.98. The Hall–Kier alpha value is -3.12. The van der Waals surface area contributed by atoms with Crippen LogP contribution in [0.4, 0.5) is 11.4 Å². The first-order chi connectivity index (χ1) is 16.1. The van der Waals surface area contributed by atoms with Crippen molar-refractivity contribution in [3.8, 4) is 0 Å². The molecule has 2 aliphatic heterocycles. The van der Waals surface area contributed by atoms with E-state index in [0.29, 0.717) is 16.8 Å². The summed E-state index contributed by atoms with van der Waals surface area (Å²) in [7, 11) is 0. The number of halogens is 1. The number of hydrogen-bond acceptors (Lipinski definition) is 3. The highest BCUT2D eigenvalue weighted by molar-refractivity contribution is 9.10. The van der Waals surface area contributed by atoms with Crippen LogP contribution in [0.3, 0.4) is 0 Å². The highest BCUT2D eigenvalue weighted by Gasteiger charge is 2.26. The van der Waals surface area contributed by atoms with Crippen molar-refractivity contribution in [3.05, 3.63) is 93.5 Å². The average molecular weight is 504 g/mol. The van der Waals surface area contributed by atoms with Gasteiger partial charge in [-0.15, -0.1) is 0 Å². The van der Waals surface area contributed by atoms with E-state index in [1.165, 1.54) is 11.1 Å². The summed E-state index contributed by atoms with van der Waals surface area (Å²) in [5.41, 5.74) is 5.47. The van der Waals surface area contributed by atoms with Crippen LogP contribution in [0.5, 0.6) is 0 Å². The first kappa shape index (κ1) is 21.7. The molecule has 0 saturated carbocycles. The summed E-state index contributed by atoms with van der Waals surface area (Å²) >= 11 is 3.40. The predicted octanol–water partition coefficient (Wildman–Crippen LogP) is 5.50. The molecule has 0 spiro atoms. The third kappa shape index (κ3) is 4.67. The van der Waals surface area contributed by atoms with Crippen molar-refractivity contribution < 1.29 is 9.59 Å². The molecule has 0 radical (unpaired) electrons. The maximum Gasteiger partial charge on any atom is 0.256 e. The molecule has 33 heavy (non-hydrogen) atoms. The summed E-state index contributed by atoms with van der Waals surface area (Å²) in [5.74, 6) is -0.150. The number of hydrogen-bond donors (Lipinski definition) is 1. The van der Waals surface area contributed by atoms with E-state index >= 15 is 0 Å². The summed E-state index contributed by atoms with van der Waals surface area (Å²) in [6.45, 7) is 3.22. The average Bonchev–Trinajstić information content (AvgIpc) is 3.39. The van der Waals surface area contributed by atoms with Crippen LogP contribution < -0.4 is 10.2 Å². The largest absolute Gasteiger partial charge is 0.366 e. The lowest BCUT2D eigenvalue weighted by Crippen LogP contribution is -2.34. The number of likely N-dealkylation sites (tertiary alicyclic amines) is 1. The molecule has 168 valence electrons. The molecule has 6 heteroatoms. The van der Waals surface area contributed by atoms with Gasteiger partial charge < -0.3 is 15.1 Å². The van der Waals surface area contributed by atoms with Gasteiger partial charge in [0, 0.05) is 47.6 Å². The number of amides is 2. The number of nitrogens with one attached hydrogen (secondary N) is 1. The first-order valence-electron chi connectivity index (χ1n) is 11.4. The molecule has 3 aromatic rings. The van der Waals surface area contributed by atoms with Gasteiger partial charge in [0.1, 0.15) is 0 Å². The van der Waals surface area contributed by atoms with Crippen molar-refractivity contribution >= 4 is 39.1 Å². The van der Waals surface area contributed by atoms with Gasteiger partial charge in [-0.2, -0.15) is 0 Å². The standard InChI is InChI=1S/C27H26BrN3O2/c28-22-9-7-20(8-10-22)26(32)29-23-11-12-25(24(17-23)27(33)30-14-3-4-15-30)31-16-13-19-5-1-2-6-21(19)18-31/h1-2,5-12,17H,3-4,13-16,18H2,(H,29,32). The molecule has 3 aromatic carbocycles. The Morgan fingerprint density at radius 3 is 2.33 bits per heavy atom. The van der Waals surface area contributed by atoms with Crippen molar-refractivity contribution in [1.82, 2.24) is 4.90 Å². The molecule has 2 aliphatic rings. The quantitative estimate of drug-likeness (QED) is 0.511. The number of benzene rings is 3. The highest BCUT2D eigenvalue weighted by atomic mass is 79.9. The van der Waals surface area contributed by atoms with E-state index < -0.39 is 0 Å². The Bertz CT molecular complexity index is 1190. The van der Waals surface area contributed by atoms with Crippen LogP contribution >= 0.6 is 15.9 Å². The van der Waals surface area contributed by atoms with Crippen LogP contribution in [-0.2, 0) is 13.0 Å². The van der Waals surface area contributed by atoms with E-state index in [1.807, 2.05) is 35.2 Å². The maximum absolute atomic E-state index is 13.5. The van der Waals surface area contributed by atoms with Crippen LogP contribution in [0.25, 0.3) is 0 Å². The maximum atomic E-state index is 13.5. The zero-order valence-corrected chi connectivity index (χ0v) is 20.0. The number of anilines is 2. The van der Waals surface area contributed by atoms with E-state index in [2.05, 4.69) is 50.4 Å². The zero-order chi connectivity index (χ0) is 22.8. The molecule has 2 heterocycles. The molecular weight excluding hydrogens is 478 g/mol. The molecule has 1 fully saturated rings. The number of carbonyl (C=O) groups excluding carboxylic acids is 2. The lowest BCUT2D eigenvalue weighted by Gasteiger charge is -2.33. The molecule has 0 aliphatic carbocycles. The fourth-order valence-corrected chi connectivity index (χ4v) is 4.92. The summed E-state index contributed by atoms with van der Waals surface area (Å²) in [6.07, 6.45) is 3.03. The van der Waals surface area contributed by atoms with Crippen molar-refractivity contribution in [1.29, 1.82) is 0 Å². The van der Waals surface area contributed by atoms with Crippen LogP contribution in [0.15, 0.2) is 71.2 Å². The highest BCUT2D eigenvalue weighted by Crippen LogP contribution is 2.31. The molecule has 1 saturated heterocycles. The van der Waals surface area contributed by atoms with Gasteiger partial charge in [-0.25, -0.2) is 0 Å². The van der Waals surface area contributed by atoms with E-state index in [-0.39, 0.29) is 11.8 Å². The summed E-state index contributed by atoms with van der Waals surface area (Å²) in [4.78, 5) is 30.4. The Kier molecular flexibility index (Phi) is 6.18. The van der Waals surface area contributed by atoms with Crippen molar-refractivity contribution in [2.45, 2.75) is 25.8 Å². The van der Waals surface area contributed by atoms with Gasteiger partial charge in [-0.3, -0.25) is 9.59 Å². The molecule has 2 amide bonds. The van der Waals surface area contributed by atoms with Gasteiger partial charge in [0.05, 0.1) is 5.56 Å². The minimum atomic E-state index is -0.193. The Morgan fingerprint density at radius 2 is 1.58 bits per heavy atom.